The van der Waals surface area contributed by atoms with Crippen LogP contribution in [0, 0.1) is 0 Å². The number of nitrogen functional groups attached to an aromatic ring is 1. The molecule has 0 atom stereocenters. The molecule has 2 heterocycles. The van der Waals surface area contributed by atoms with Gasteiger partial charge in [0.05, 0.1) is 11.4 Å². The summed E-state index contributed by atoms with van der Waals surface area (Å²) in [6.07, 6.45) is 1.85. The smallest absolute Gasteiger partial charge is 0.341 e. The van der Waals surface area contributed by atoms with Gasteiger partial charge in [0.25, 0.3) is 0 Å². The molecule has 0 radical (unpaired) electrons. The highest BCUT2D eigenvalue weighted by Crippen LogP contribution is 2.23. The molecule has 0 bridgehead atoms. The number of benzene rings is 2. The molecule has 1 aliphatic heterocycles. The molecule has 0 spiro atoms. The Morgan fingerprint density at radius 2 is 1.80 bits per heavy atom. The van der Waals surface area contributed by atoms with Crippen LogP contribution in [-0.2, 0) is 24.2 Å². The van der Waals surface area contributed by atoms with Gasteiger partial charge < -0.3 is 15.6 Å². The van der Waals surface area contributed by atoms with E-state index in [0.717, 1.165) is 55.1 Å². The summed E-state index contributed by atoms with van der Waals surface area (Å²) in [4.78, 5) is 18.0. The van der Waals surface area contributed by atoms with Crippen molar-refractivity contribution in [1.29, 1.82) is 0 Å². The lowest BCUT2D eigenvalue weighted by Gasteiger charge is -2.19. The third-order valence-corrected chi connectivity index (χ3v) is 5.33. The average Bonchev–Trinajstić information content (AvgIpc) is 2.95. The monoisotopic (exact) mass is 403 g/mol. The number of aliphatic carboxylic acids is 1. The van der Waals surface area contributed by atoms with Gasteiger partial charge in [-0.15, -0.1) is 0 Å². The molecule has 4 rings (SSSR count). The molecule has 3 N–H and O–H groups in total. The number of carboxylic acids is 1. The van der Waals surface area contributed by atoms with E-state index in [4.69, 9.17) is 20.6 Å². The van der Waals surface area contributed by atoms with E-state index < -0.39 is 5.97 Å². The molecule has 30 heavy (non-hydrogen) atoms. The number of carboxylic acid groups (broad SMARTS) is 1. The van der Waals surface area contributed by atoms with E-state index >= 15 is 0 Å². The number of carbonyl (C=O) groups is 1. The van der Waals surface area contributed by atoms with Crippen molar-refractivity contribution in [3.05, 3.63) is 77.5 Å². The Labute approximate surface area is 175 Å². The topological polar surface area (TPSA) is 88.7 Å². The molecule has 6 heteroatoms. The second-order valence-corrected chi connectivity index (χ2v) is 7.53. The summed E-state index contributed by atoms with van der Waals surface area (Å²) in [6.45, 7) is 2.35. The number of hydrogen-bond donors (Lipinski definition) is 2. The molecule has 0 fully saturated rings. The molecule has 0 unspecified atom stereocenters. The Morgan fingerprint density at radius 1 is 1.03 bits per heavy atom. The molecule has 0 saturated carbocycles. The van der Waals surface area contributed by atoms with Gasteiger partial charge in [0.2, 0.25) is 0 Å². The Bertz CT molecular complexity index is 1030. The first-order valence-electron chi connectivity index (χ1n) is 10.1. The zero-order valence-electron chi connectivity index (χ0n) is 16.8. The van der Waals surface area contributed by atoms with Crippen molar-refractivity contribution < 1.29 is 14.6 Å². The third kappa shape index (κ3) is 4.96. The van der Waals surface area contributed by atoms with Gasteiger partial charge in [-0.2, -0.15) is 0 Å². The lowest BCUT2D eigenvalue weighted by molar-refractivity contribution is -0.139. The highest BCUT2D eigenvalue weighted by Gasteiger charge is 2.16. The maximum Gasteiger partial charge on any atom is 0.341 e. The Kier molecular flexibility index (Phi) is 5.95. The van der Waals surface area contributed by atoms with Crippen molar-refractivity contribution in [2.45, 2.75) is 19.4 Å². The van der Waals surface area contributed by atoms with Gasteiger partial charge in [-0.05, 0) is 60.4 Å². The molecule has 154 valence electrons. The predicted octanol–water partition coefficient (Wildman–Crippen LogP) is 3.40. The number of fused-ring (bicyclic) bond motifs is 1. The summed E-state index contributed by atoms with van der Waals surface area (Å²) >= 11 is 0. The van der Waals surface area contributed by atoms with Crippen molar-refractivity contribution >= 4 is 11.7 Å². The van der Waals surface area contributed by atoms with E-state index in [1.54, 1.807) is 0 Å². The van der Waals surface area contributed by atoms with Crippen molar-refractivity contribution in [2.75, 3.05) is 25.4 Å². The van der Waals surface area contributed by atoms with Crippen molar-refractivity contribution in [2.24, 2.45) is 0 Å². The van der Waals surface area contributed by atoms with Crippen LogP contribution in [0.1, 0.15) is 16.8 Å². The Hall–Kier alpha value is -3.38. The van der Waals surface area contributed by atoms with Crippen molar-refractivity contribution in [3.63, 3.8) is 0 Å². The van der Waals surface area contributed by atoms with Crippen LogP contribution in [0.25, 0.3) is 11.3 Å². The quantitative estimate of drug-likeness (QED) is 0.614. The van der Waals surface area contributed by atoms with Gasteiger partial charge in [0, 0.05) is 30.9 Å². The second-order valence-electron chi connectivity index (χ2n) is 7.53. The molecule has 6 nitrogen and oxygen atoms in total. The minimum atomic E-state index is -0.968. The zero-order valence-corrected chi connectivity index (χ0v) is 16.8. The lowest BCUT2D eigenvalue weighted by atomic mass is 10.0. The van der Waals surface area contributed by atoms with Gasteiger partial charge in [0.1, 0.15) is 5.75 Å². The van der Waals surface area contributed by atoms with Crippen LogP contribution in [0.15, 0.2) is 60.7 Å². The van der Waals surface area contributed by atoms with E-state index in [1.165, 1.54) is 11.1 Å². The number of aromatic nitrogens is 1. The van der Waals surface area contributed by atoms with E-state index in [1.807, 2.05) is 48.5 Å². The number of rotatable bonds is 6. The molecule has 0 amide bonds. The number of hydrogen-bond acceptors (Lipinski definition) is 5. The molecule has 0 saturated heterocycles. The summed E-state index contributed by atoms with van der Waals surface area (Å²) in [5.74, 6) is -0.354. The van der Waals surface area contributed by atoms with E-state index in [-0.39, 0.29) is 6.61 Å². The van der Waals surface area contributed by atoms with Crippen LogP contribution in [0.5, 0.6) is 5.75 Å². The minimum Gasteiger partial charge on any atom is -0.482 e. The number of ether oxygens (including phenoxy) is 1. The van der Waals surface area contributed by atoms with Gasteiger partial charge in [-0.3, -0.25) is 9.88 Å². The number of pyridine rings is 1. The minimum absolute atomic E-state index is 0.319. The Morgan fingerprint density at radius 3 is 2.57 bits per heavy atom. The first-order chi connectivity index (χ1) is 14.6. The number of anilines is 1. The van der Waals surface area contributed by atoms with E-state index in [2.05, 4.69) is 17.0 Å². The molecule has 1 aliphatic rings. The zero-order chi connectivity index (χ0) is 20.9. The summed E-state index contributed by atoms with van der Waals surface area (Å²) in [7, 11) is 0. The van der Waals surface area contributed by atoms with Gasteiger partial charge >= 0.3 is 5.97 Å². The summed E-state index contributed by atoms with van der Waals surface area (Å²) < 4.78 is 5.33. The molecule has 2 aromatic carbocycles. The fourth-order valence-corrected chi connectivity index (χ4v) is 3.75. The van der Waals surface area contributed by atoms with Gasteiger partial charge in [0.15, 0.2) is 6.61 Å². The van der Waals surface area contributed by atoms with Gasteiger partial charge in [-0.25, -0.2) is 4.79 Å². The first kappa shape index (κ1) is 19.9. The molecule has 3 aromatic rings. The molecular formula is C24H25N3O3. The fraction of sp³-hybridized carbons (Fsp3) is 0.250. The number of nitrogens with two attached hydrogens (primary N) is 1. The fourth-order valence-electron chi connectivity index (χ4n) is 3.75. The highest BCUT2D eigenvalue weighted by atomic mass is 16.5. The van der Waals surface area contributed by atoms with Crippen LogP contribution >= 0.6 is 0 Å². The van der Waals surface area contributed by atoms with Crippen LogP contribution in [0.4, 0.5) is 5.69 Å². The predicted molar refractivity (Wildman–Crippen MR) is 116 cm³/mol. The summed E-state index contributed by atoms with van der Waals surface area (Å²) in [6, 6.07) is 19.8. The lowest BCUT2D eigenvalue weighted by Crippen LogP contribution is -2.26. The van der Waals surface area contributed by atoms with Crippen LogP contribution in [0.2, 0.25) is 0 Å². The number of nitrogens with zero attached hydrogens (tertiary/aromatic N) is 2. The summed E-state index contributed by atoms with van der Waals surface area (Å²) in [5, 5.41) is 8.79. The maximum absolute atomic E-state index is 10.7. The van der Waals surface area contributed by atoms with Crippen LogP contribution in [-0.4, -0.2) is 40.7 Å². The van der Waals surface area contributed by atoms with E-state index in [0.29, 0.717) is 5.75 Å². The Balaban J connectivity index is 1.42. The van der Waals surface area contributed by atoms with Gasteiger partial charge in [-0.1, -0.05) is 24.3 Å². The average molecular weight is 403 g/mol. The van der Waals surface area contributed by atoms with Crippen molar-refractivity contribution in [1.82, 2.24) is 9.88 Å². The standard InChI is InChI=1S/C24H25N3O3/c25-20-7-4-18(5-8-20)23-3-1-2-21(26-23)15-27-12-10-17-6-9-22(30-16-24(28)29)14-19(17)11-13-27/h1-9,14H,10-13,15-16,25H2,(H,28,29). The maximum atomic E-state index is 10.7. The SMILES string of the molecule is Nc1ccc(-c2cccc(CN3CCc4ccc(OCC(=O)O)cc4CC3)n2)cc1. The second kappa shape index (κ2) is 8.97. The van der Waals surface area contributed by atoms with E-state index in [9.17, 15) is 4.79 Å². The van der Waals surface area contributed by atoms with Crippen molar-refractivity contribution in [3.8, 4) is 17.0 Å². The molecule has 0 aliphatic carbocycles. The summed E-state index contributed by atoms with van der Waals surface area (Å²) in [5.41, 5.74) is 12.1. The third-order valence-electron chi connectivity index (χ3n) is 5.33. The molecular weight excluding hydrogens is 378 g/mol. The normalized spacial score (nSPS) is 14.0. The largest absolute Gasteiger partial charge is 0.482 e. The molecule has 1 aromatic heterocycles. The van der Waals surface area contributed by atoms with Crippen LogP contribution in [0.3, 0.4) is 0 Å². The van der Waals surface area contributed by atoms with Crippen LogP contribution < -0.4 is 10.5 Å². The highest BCUT2D eigenvalue weighted by molar-refractivity contribution is 5.68. The first-order valence-corrected chi connectivity index (χ1v) is 10.1.